The van der Waals surface area contributed by atoms with Gasteiger partial charge in [-0.2, -0.15) is 0 Å². The average Bonchev–Trinajstić information content (AvgIpc) is 2.52. The van der Waals surface area contributed by atoms with Crippen molar-refractivity contribution in [1.29, 1.82) is 0 Å². The molecule has 0 atom stereocenters. The van der Waals surface area contributed by atoms with Crippen molar-refractivity contribution in [3.8, 4) is 5.75 Å². The van der Waals surface area contributed by atoms with Gasteiger partial charge in [-0.3, -0.25) is 9.71 Å². The number of nitrogens with one attached hydrogen (secondary N) is 1. The summed E-state index contributed by atoms with van der Waals surface area (Å²) in [4.78, 5) is 4.16. The summed E-state index contributed by atoms with van der Waals surface area (Å²) in [5.74, 6) is 0.733. The number of aromatic nitrogens is 1. The normalized spacial score (nSPS) is 11.3. The second kappa shape index (κ2) is 7.46. The molecule has 1 N–H and O–H groups in total. The second-order valence-corrected chi connectivity index (χ2v) is 7.01. The highest BCUT2D eigenvalue weighted by Gasteiger charge is 2.19. The van der Waals surface area contributed by atoms with Crippen LogP contribution in [-0.4, -0.2) is 20.0 Å². The molecule has 124 valence electrons. The molecule has 0 saturated heterocycles. The highest BCUT2D eigenvalue weighted by atomic mass is 32.2. The number of nitrogens with zero attached hydrogens (tertiary/aromatic N) is 1. The minimum Gasteiger partial charge on any atom is -0.493 e. The van der Waals surface area contributed by atoms with Crippen molar-refractivity contribution in [2.24, 2.45) is 0 Å². The maximum Gasteiger partial charge on any atom is 0.262 e. The predicted octanol–water partition coefficient (Wildman–Crippen LogP) is 3.68. The van der Waals surface area contributed by atoms with Crippen LogP contribution in [0.1, 0.15) is 30.9 Å². The fourth-order valence-corrected chi connectivity index (χ4v) is 3.52. The fraction of sp³-hybridized carbons (Fsp3) is 0.353. The number of rotatable bonds is 7. The maximum atomic E-state index is 12.6. The summed E-state index contributed by atoms with van der Waals surface area (Å²) in [6.45, 7) is 6.40. The Morgan fingerprint density at radius 2 is 1.96 bits per heavy atom. The number of hydrogen-bond acceptors (Lipinski definition) is 4. The molecular formula is C17H22N2O3S. The first-order valence-electron chi connectivity index (χ1n) is 7.61. The van der Waals surface area contributed by atoms with E-state index in [2.05, 4.69) is 16.6 Å². The van der Waals surface area contributed by atoms with E-state index in [0.29, 0.717) is 17.9 Å². The minimum atomic E-state index is -3.65. The first-order chi connectivity index (χ1) is 11.0. The zero-order valence-corrected chi connectivity index (χ0v) is 14.5. The van der Waals surface area contributed by atoms with Gasteiger partial charge in [-0.15, -0.1) is 0 Å². The van der Waals surface area contributed by atoms with Gasteiger partial charge in [0.25, 0.3) is 10.0 Å². The Bertz CT molecular complexity index is 759. The molecule has 0 aliphatic carbocycles. The average molecular weight is 334 g/mol. The van der Waals surface area contributed by atoms with Crippen LogP contribution in [0.15, 0.2) is 41.6 Å². The lowest BCUT2D eigenvalue weighted by Crippen LogP contribution is -2.15. The van der Waals surface area contributed by atoms with E-state index in [1.165, 1.54) is 6.20 Å². The molecule has 1 heterocycles. The van der Waals surface area contributed by atoms with Gasteiger partial charge in [0.2, 0.25) is 0 Å². The molecule has 23 heavy (non-hydrogen) atoms. The summed E-state index contributed by atoms with van der Waals surface area (Å²) in [5.41, 5.74) is 1.97. The van der Waals surface area contributed by atoms with Crippen LogP contribution in [0.25, 0.3) is 0 Å². The number of hydrogen-bond donors (Lipinski definition) is 1. The van der Waals surface area contributed by atoms with Crippen molar-refractivity contribution in [2.75, 3.05) is 11.3 Å². The Morgan fingerprint density at radius 1 is 1.17 bits per heavy atom. The molecule has 0 aliphatic rings. The van der Waals surface area contributed by atoms with E-state index in [1.54, 1.807) is 37.4 Å². The summed E-state index contributed by atoms with van der Waals surface area (Å²) < 4.78 is 33.4. The van der Waals surface area contributed by atoms with Gasteiger partial charge < -0.3 is 4.74 Å². The molecule has 1 aromatic heterocycles. The molecule has 0 fully saturated rings. The Hall–Kier alpha value is -2.08. The zero-order valence-electron chi connectivity index (χ0n) is 13.7. The van der Waals surface area contributed by atoms with Gasteiger partial charge in [-0.25, -0.2) is 8.42 Å². The maximum absolute atomic E-state index is 12.6. The highest BCUT2D eigenvalue weighted by molar-refractivity contribution is 7.92. The minimum absolute atomic E-state index is 0.252. The summed E-state index contributed by atoms with van der Waals surface area (Å²) in [5, 5.41) is 0. The van der Waals surface area contributed by atoms with Crippen molar-refractivity contribution in [3.05, 3.63) is 47.8 Å². The number of pyridine rings is 1. The lowest BCUT2D eigenvalue weighted by molar-refractivity contribution is 0.307. The van der Waals surface area contributed by atoms with Crippen LogP contribution >= 0.6 is 0 Å². The molecule has 2 aromatic rings. The molecule has 0 amide bonds. The molecule has 0 bridgehead atoms. The summed E-state index contributed by atoms with van der Waals surface area (Å²) in [6.07, 6.45) is 5.10. The van der Waals surface area contributed by atoms with E-state index in [0.717, 1.165) is 24.2 Å². The van der Waals surface area contributed by atoms with Crippen LogP contribution < -0.4 is 9.46 Å². The third kappa shape index (κ3) is 4.22. The van der Waals surface area contributed by atoms with Gasteiger partial charge in [-0.05, 0) is 55.7 Å². The van der Waals surface area contributed by atoms with Crippen LogP contribution in [0.3, 0.4) is 0 Å². The van der Waals surface area contributed by atoms with Gasteiger partial charge in [0.05, 0.1) is 23.4 Å². The Balaban J connectivity index is 2.27. The van der Waals surface area contributed by atoms with Crippen LogP contribution in [-0.2, 0) is 10.0 Å². The molecule has 0 unspecified atom stereocenters. The molecule has 0 saturated carbocycles. The van der Waals surface area contributed by atoms with E-state index >= 15 is 0 Å². The van der Waals surface area contributed by atoms with Crippen LogP contribution in [0.5, 0.6) is 5.75 Å². The standard InChI is InChI=1S/C17H22N2O3S/c1-4-5-11-22-16-8-9-17(14(3)13(16)2)23(20,21)19-15-7-6-10-18-12-15/h6-10,12,19H,4-5,11H2,1-3H3. The second-order valence-electron chi connectivity index (χ2n) is 5.36. The number of unbranched alkanes of at least 4 members (excludes halogenated alkanes) is 1. The van der Waals surface area contributed by atoms with Crippen LogP contribution in [0, 0.1) is 13.8 Å². The molecule has 0 aliphatic heterocycles. The van der Waals surface area contributed by atoms with E-state index in [1.807, 2.05) is 6.92 Å². The zero-order chi connectivity index (χ0) is 16.9. The molecule has 5 nitrogen and oxygen atoms in total. The van der Waals surface area contributed by atoms with Gasteiger partial charge in [0.15, 0.2) is 0 Å². The van der Waals surface area contributed by atoms with Gasteiger partial charge in [-0.1, -0.05) is 13.3 Å². The summed E-state index contributed by atoms with van der Waals surface area (Å²) in [6, 6.07) is 6.65. The van der Waals surface area contributed by atoms with E-state index in [-0.39, 0.29) is 4.90 Å². The molecule has 6 heteroatoms. The third-order valence-electron chi connectivity index (χ3n) is 3.65. The van der Waals surface area contributed by atoms with Crippen LogP contribution in [0.4, 0.5) is 5.69 Å². The van der Waals surface area contributed by atoms with Gasteiger partial charge in [0.1, 0.15) is 5.75 Å². The quantitative estimate of drug-likeness (QED) is 0.784. The van der Waals surface area contributed by atoms with E-state index < -0.39 is 10.0 Å². The van der Waals surface area contributed by atoms with E-state index in [4.69, 9.17) is 4.74 Å². The number of benzene rings is 1. The summed E-state index contributed by atoms with van der Waals surface area (Å²) in [7, 11) is -3.65. The monoisotopic (exact) mass is 334 g/mol. The van der Waals surface area contributed by atoms with Crippen molar-refractivity contribution in [2.45, 2.75) is 38.5 Å². The Kier molecular flexibility index (Phi) is 5.60. The number of sulfonamides is 1. The largest absolute Gasteiger partial charge is 0.493 e. The predicted molar refractivity (Wildman–Crippen MR) is 91.4 cm³/mol. The lowest BCUT2D eigenvalue weighted by atomic mass is 10.1. The third-order valence-corrected chi connectivity index (χ3v) is 5.17. The van der Waals surface area contributed by atoms with E-state index in [9.17, 15) is 8.42 Å². The number of ether oxygens (including phenoxy) is 1. The van der Waals surface area contributed by atoms with Gasteiger partial charge >= 0.3 is 0 Å². The molecule has 2 rings (SSSR count). The SMILES string of the molecule is CCCCOc1ccc(S(=O)(=O)Nc2cccnc2)c(C)c1C. The molecular weight excluding hydrogens is 312 g/mol. The van der Waals surface area contributed by atoms with Gasteiger partial charge in [0, 0.05) is 6.20 Å². The lowest BCUT2D eigenvalue weighted by Gasteiger charge is -2.15. The van der Waals surface area contributed by atoms with Crippen molar-refractivity contribution in [3.63, 3.8) is 0 Å². The Labute approximate surface area is 137 Å². The smallest absolute Gasteiger partial charge is 0.262 e. The Morgan fingerprint density at radius 3 is 2.61 bits per heavy atom. The van der Waals surface area contributed by atoms with Crippen molar-refractivity contribution < 1.29 is 13.2 Å². The van der Waals surface area contributed by atoms with Crippen molar-refractivity contribution >= 4 is 15.7 Å². The summed E-state index contributed by atoms with van der Waals surface area (Å²) >= 11 is 0. The topological polar surface area (TPSA) is 68.3 Å². The first kappa shape index (κ1) is 17.3. The molecule has 1 aromatic carbocycles. The fourth-order valence-electron chi connectivity index (χ4n) is 2.18. The van der Waals surface area contributed by atoms with Crippen LogP contribution in [0.2, 0.25) is 0 Å². The number of anilines is 1. The molecule has 0 radical (unpaired) electrons. The first-order valence-corrected chi connectivity index (χ1v) is 9.10. The van der Waals surface area contributed by atoms with Crippen molar-refractivity contribution in [1.82, 2.24) is 4.98 Å². The molecule has 0 spiro atoms. The highest BCUT2D eigenvalue weighted by Crippen LogP contribution is 2.28.